The molecule has 15 heavy (non-hydrogen) atoms. The van der Waals surface area contributed by atoms with Gasteiger partial charge in [-0.15, -0.1) is 11.6 Å². The predicted octanol–water partition coefficient (Wildman–Crippen LogP) is 3.02. The van der Waals surface area contributed by atoms with E-state index in [1.54, 1.807) is 6.07 Å². The van der Waals surface area contributed by atoms with E-state index in [-0.39, 0.29) is 5.82 Å². The average Bonchev–Trinajstić information content (AvgIpc) is 2.85. The molecule has 1 aromatic carbocycles. The molecule has 1 aromatic rings. The van der Waals surface area contributed by atoms with Gasteiger partial charge in [0.1, 0.15) is 5.82 Å². The second-order valence-electron chi connectivity index (χ2n) is 4.61. The van der Waals surface area contributed by atoms with Crippen molar-refractivity contribution in [2.45, 2.75) is 12.3 Å². The van der Waals surface area contributed by atoms with E-state index in [4.69, 9.17) is 11.6 Å². The molecule has 1 heterocycles. The number of anilines is 1. The first kappa shape index (κ1) is 9.46. The Balaban J connectivity index is 1.87. The molecule has 2 aliphatic rings. The van der Waals surface area contributed by atoms with Crippen LogP contribution in [0.5, 0.6) is 0 Å². The molecule has 0 amide bonds. The molecule has 1 aliphatic heterocycles. The van der Waals surface area contributed by atoms with Crippen molar-refractivity contribution in [1.82, 2.24) is 0 Å². The molecule has 0 spiro atoms. The molecule has 1 aliphatic carbocycles. The van der Waals surface area contributed by atoms with Gasteiger partial charge in [-0.05, 0) is 42.0 Å². The highest BCUT2D eigenvalue weighted by molar-refractivity contribution is 6.17. The summed E-state index contributed by atoms with van der Waals surface area (Å²) in [4.78, 5) is 2.28. The quantitative estimate of drug-likeness (QED) is 0.700. The number of alkyl halides is 1. The van der Waals surface area contributed by atoms with Crippen molar-refractivity contribution in [2.24, 2.45) is 11.8 Å². The third-order valence-electron chi connectivity index (χ3n) is 3.44. The third-order valence-corrected chi connectivity index (χ3v) is 3.75. The number of fused-ring (bicyclic) bond motifs is 1. The Hall–Kier alpha value is -0.760. The van der Waals surface area contributed by atoms with Crippen molar-refractivity contribution >= 4 is 17.3 Å². The summed E-state index contributed by atoms with van der Waals surface area (Å²) < 4.78 is 13.3. The predicted molar refractivity (Wildman–Crippen MR) is 59.8 cm³/mol. The van der Waals surface area contributed by atoms with Crippen molar-refractivity contribution < 1.29 is 4.39 Å². The number of hydrogen-bond donors (Lipinski definition) is 0. The Morgan fingerprint density at radius 2 is 2.00 bits per heavy atom. The van der Waals surface area contributed by atoms with E-state index < -0.39 is 0 Å². The summed E-state index contributed by atoms with van der Waals surface area (Å²) in [5.41, 5.74) is 1.87. The fourth-order valence-corrected chi connectivity index (χ4v) is 2.66. The summed E-state index contributed by atoms with van der Waals surface area (Å²) in [6.07, 6.45) is 1.37. The molecular weight excluding hydrogens is 213 g/mol. The minimum atomic E-state index is -0.177. The molecule has 1 nitrogen and oxygen atoms in total. The van der Waals surface area contributed by atoms with Gasteiger partial charge >= 0.3 is 0 Å². The maximum atomic E-state index is 13.3. The van der Waals surface area contributed by atoms with Crippen LogP contribution in [-0.4, -0.2) is 13.1 Å². The smallest absolute Gasteiger partial charge is 0.125 e. The van der Waals surface area contributed by atoms with Crippen molar-refractivity contribution in [1.29, 1.82) is 0 Å². The molecule has 0 bridgehead atoms. The van der Waals surface area contributed by atoms with E-state index in [0.29, 0.717) is 5.88 Å². The lowest BCUT2D eigenvalue weighted by atomic mass is 10.2. The minimum Gasteiger partial charge on any atom is -0.371 e. The number of benzene rings is 1. The highest BCUT2D eigenvalue weighted by atomic mass is 35.5. The van der Waals surface area contributed by atoms with E-state index in [9.17, 15) is 4.39 Å². The molecule has 2 unspecified atom stereocenters. The van der Waals surface area contributed by atoms with Crippen LogP contribution in [0.3, 0.4) is 0 Å². The zero-order valence-electron chi connectivity index (χ0n) is 8.42. The van der Waals surface area contributed by atoms with Gasteiger partial charge in [-0.3, -0.25) is 0 Å². The summed E-state index contributed by atoms with van der Waals surface area (Å²) >= 11 is 5.73. The van der Waals surface area contributed by atoms with Crippen molar-refractivity contribution in [3.05, 3.63) is 29.6 Å². The lowest BCUT2D eigenvalue weighted by molar-refractivity contribution is 0.625. The molecule has 0 radical (unpaired) electrons. The minimum absolute atomic E-state index is 0.177. The first-order valence-electron chi connectivity index (χ1n) is 5.36. The monoisotopic (exact) mass is 225 g/mol. The Kier molecular flexibility index (Phi) is 2.13. The summed E-state index contributed by atoms with van der Waals surface area (Å²) in [7, 11) is 0. The topological polar surface area (TPSA) is 3.24 Å². The fourth-order valence-electron chi connectivity index (χ4n) is 2.50. The summed E-state index contributed by atoms with van der Waals surface area (Å²) in [5.74, 6) is 1.94. The molecule has 2 atom stereocenters. The second kappa shape index (κ2) is 3.38. The van der Waals surface area contributed by atoms with Crippen LogP contribution in [0.2, 0.25) is 0 Å². The summed E-state index contributed by atoms with van der Waals surface area (Å²) in [6, 6.07) is 5.12. The highest BCUT2D eigenvalue weighted by Crippen LogP contribution is 2.46. The van der Waals surface area contributed by atoms with Crippen LogP contribution >= 0.6 is 11.6 Å². The largest absolute Gasteiger partial charge is 0.371 e. The number of hydrogen-bond acceptors (Lipinski definition) is 1. The normalized spacial score (nSPS) is 28.0. The van der Waals surface area contributed by atoms with Gasteiger partial charge in [-0.1, -0.05) is 0 Å². The SMILES string of the molecule is Fc1cc(CCl)cc(N2CC3CC3C2)c1. The average molecular weight is 226 g/mol. The maximum absolute atomic E-state index is 13.3. The van der Waals surface area contributed by atoms with Gasteiger partial charge in [0.25, 0.3) is 0 Å². The number of halogens is 2. The van der Waals surface area contributed by atoms with Gasteiger partial charge in [0.15, 0.2) is 0 Å². The Morgan fingerprint density at radius 1 is 1.27 bits per heavy atom. The van der Waals surface area contributed by atoms with Gasteiger partial charge < -0.3 is 4.90 Å². The third kappa shape index (κ3) is 1.71. The van der Waals surface area contributed by atoms with Crippen LogP contribution < -0.4 is 4.90 Å². The van der Waals surface area contributed by atoms with Crippen LogP contribution in [0.1, 0.15) is 12.0 Å². The van der Waals surface area contributed by atoms with Gasteiger partial charge in [-0.25, -0.2) is 4.39 Å². The second-order valence-corrected chi connectivity index (χ2v) is 4.88. The molecule has 0 N–H and O–H groups in total. The van der Waals surface area contributed by atoms with Crippen LogP contribution in [-0.2, 0) is 5.88 Å². The first-order chi connectivity index (χ1) is 7.26. The molecule has 0 aromatic heterocycles. The van der Waals surface area contributed by atoms with E-state index in [2.05, 4.69) is 4.90 Å². The van der Waals surface area contributed by atoms with Crippen LogP contribution in [0.4, 0.5) is 10.1 Å². The van der Waals surface area contributed by atoms with Crippen LogP contribution in [0.15, 0.2) is 18.2 Å². The lowest BCUT2D eigenvalue weighted by Crippen LogP contribution is -2.21. The molecule has 80 valence electrons. The van der Waals surface area contributed by atoms with E-state index in [0.717, 1.165) is 36.2 Å². The summed E-state index contributed by atoms with van der Waals surface area (Å²) in [6.45, 7) is 2.19. The fraction of sp³-hybridized carbons (Fsp3) is 0.500. The van der Waals surface area contributed by atoms with E-state index in [1.807, 2.05) is 6.07 Å². The lowest BCUT2D eigenvalue weighted by Gasteiger charge is -2.20. The Labute approximate surface area is 93.8 Å². The zero-order valence-corrected chi connectivity index (χ0v) is 9.17. The summed E-state index contributed by atoms with van der Waals surface area (Å²) in [5, 5.41) is 0. The Bertz CT molecular complexity index is 383. The van der Waals surface area contributed by atoms with Crippen molar-refractivity contribution in [3.8, 4) is 0 Å². The maximum Gasteiger partial charge on any atom is 0.125 e. The van der Waals surface area contributed by atoms with Crippen molar-refractivity contribution in [3.63, 3.8) is 0 Å². The first-order valence-corrected chi connectivity index (χ1v) is 5.90. The van der Waals surface area contributed by atoms with E-state index >= 15 is 0 Å². The van der Waals surface area contributed by atoms with Crippen LogP contribution in [0, 0.1) is 17.7 Å². The Morgan fingerprint density at radius 3 is 2.67 bits per heavy atom. The number of nitrogens with zero attached hydrogens (tertiary/aromatic N) is 1. The standard InChI is InChI=1S/C12H13ClFN/c13-5-8-1-11(14)4-12(2-8)15-6-9-3-10(9)7-15/h1-2,4,9-10H,3,5-7H2. The molecule has 2 fully saturated rings. The van der Waals surface area contributed by atoms with Gasteiger partial charge in [-0.2, -0.15) is 0 Å². The van der Waals surface area contributed by atoms with Gasteiger partial charge in [0.2, 0.25) is 0 Å². The van der Waals surface area contributed by atoms with Crippen molar-refractivity contribution in [2.75, 3.05) is 18.0 Å². The molecule has 3 heteroatoms. The zero-order chi connectivity index (χ0) is 10.4. The van der Waals surface area contributed by atoms with Gasteiger partial charge in [0, 0.05) is 24.7 Å². The van der Waals surface area contributed by atoms with Gasteiger partial charge in [0.05, 0.1) is 0 Å². The molecular formula is C12H13ClFN. The molecule has 1 saturated heterocycles. The number of rotatable bonds is 2. The highest BCUT2D eigenvalue weighted by Gasteiger charge is 2.45. The molecule has 3 rings (SSSR count). The molecule has 1 saturated carbocycles. The van der Waals surface area contributed by atoms with E-state index in [1.165, 1.54) is 12.5 Å². The van der Waals surface area contributed by atoms with Crippen LogP contribution in [0.25, 0.3) is 0 Å². The number of piperidine rings is 1.